The SMILES string of the molecule is COC(=O)c1ccc(N2C(=O)c3ccccc3C2=O)cc1. The van der Waals surface area contributed by atoms with E-state index in [1.54, 1.807) is 36.4 Å². The van der Waals surface area contributed by atoms with Gasteiger partial charge in [-0.2, -0.15) is 0 Å². The van der Waals surface area contributed by atoms with Crippen LogP contribution >= 0.6 is 0 Å². The molecule has 0 bridgehead atoms. The van der Waals surface area contributed by atoms with Gasteiger partial charge in [-0.05, 0) is 36.4 Å². The number of benzene rings is 2. The van der Waals surface area contributed by atoms with E-state index in [-0.39, 0.29) is 11.8 Å². The Morgan fingerprint density at radius 1 is 0.905 bits per heavy atom. The monoisotopic (exact) mass is 281 g/mol. The summed E-state index contributed by atoms with van der Waals surface area (Å²) in [6, 6.07) is 12.8. The predicted octanol–water partition coefficient (Wildman–Crippen LogP) is 2.27. The zero-order valence-corrected chi connectivity index (χ0v) is 11.2. The molecule has 1 aliphatic rings. The number of methoxy groups -OCH3 is 1. The van der Waals surface area contributed by atoms with Crippen LogP contribution in [0.2, 0.25) is 0 Å². The number of fused-ring (bicyclic) bond motifs is 1. The maximum Gasteiger partial charge on any atom is 0.337 e. The Morgan fingerprint density at radius 3 is 1.90 bits per heavy atom. The van der Waals surface area contributed by atoms with Gasteiger partial charge in [-0.1, -0.05) is 12.1 Å². The number of anilines is 1. The number of carbonyl (C=O) groups excluding carboxylic acids is 3. The Kier molecular flexibility index (Phi) is 3.02. The van der Waals surface area contributed by atoms with Crippen LogP contribution in [0.15, 0.2) is 48.5 Å². The van der Waals surface area contributed by atoms with E-state index in [9.17, 15) is 14.4 Å². The van der Waals surface area contributed by atoms with E-state index in [1.807, 2.05) is 0 Å². The minimum absolute atomic E-state index is 0.359. The Hall–Kier alpha value is -2.95. The lowest BCUT2D eigenvalue weighted by Gasteiger charge is -2.14. The highest BCUT2D eigenvalue weighted by atomic mass is 16.5. The topological polar surface area (TPSA) is 63.7 Å². The summed E-state index contributed by atoms with van der Waals surface area (Å²) in [5.41, 5.74) is 1.56. The Morgan fingerprint density at radius 2 is 1.43 bits per heavy atom. The summed E-state index contributed by atoms with van der Waals surface area (Å²) >= 11 is 0. The van der Waals surface area contributed by atoms with Crippen molar-refractivity contribution in [3.63, 3.8) is 0 Å². The average molecular weight is 281 g/mol. The molecule has 21 heavy (non-hydrogen) atoms. The Labute approximate surface area is 120 Å². The third kappa shape index (κ3) is 1.99. The molecule has 5 heteroatoms. The van der Waals surface area contributed by atoms with Gasteiger partial charge in [0.05, 0.1) is 29.5 Å². The van der Waals surface area contributed by atoms with E-state index in [0.717, 1.165) is 4.90 Å². The number of carbonyl (C=O) groups is 3. The van der Waals surface area contributed by atoms with Crippen LogP contribution in [0.1, 0.15) is 31.1 Å². The van der Waals surface area contributed by atoms with Crippen molar-refractivity contribution in [1.29, 1.82) is 0 Å². The van der Waals surface area contributed by atoms with Gasteiger partial charge in [0.1, 0.15) is 0 Å². The fourth-order valence-corrected chi connectivity index (χ4v) is 2.29. The van der Waals surface area contributed by atoms with Crippen LogP contribution in [-0.4, -0.2) is 24.9 Å². The van der Waals surface area contributed by atoms with Crippen molar-refractivity contribution < 1.29 is 19.1 Å². The number of amides is 2. The normalized spacial score (nSPS) is 13.3. The molecule has 1 aliphatic heterocycles. The molecule has 2 amide bonds. The highest BCUT2D eigenvalue weighted by molar-refractivity contribution is 6.34. The van der Waals surface area contributed by atoms with Gasteiger partial charge in [-0.15, -0.1) is 0 Å². The third-order valence-electron chi connectivity index (χ3n) is 3.34. The summed E-state index contributed by atoms with van der Waals surface area (Å²) in [6.45, 7) is 0. The number of rotatable bonds is 2. The summed E-state index contributed by atoms with van der Waals surface area (Å²) in [4.78, 5) is 37.1. The third-order valence-corrected chi connectivity index (χ3v) is 3.34. The van der Waals surface area contributed by atoms with Gasteiger partial charge >= 0.3 is 5.97 Å². The van der Waals surface area contributed by atoms with Crippen LogP contribution in [-0.2, 0) is 4.74 Å². The van der Waals surface area contributed by atoms with E-state index in [1.165, 1.54) is 19.2 Å². The van der Waals surface area contributed by atoms with Crippen molar-refractivity contribution in [2.24, 2.45) is 0 Å². The predicted molar refractivity (Wildman–Crippen MR) is 75.4 cm³/mol. The van der Waals surface area contributed by atoms with Crippen molar-refractivity contribution >= 4 is 23.5 Å². The minimum atomic E-state index is -0.469. The van der Waals surface area contributed by atoms with Gasteiger partial charge < -0.3 is 4.74 Å². The van der Waals surface area contributed by atoms with Crippen molar-refractivity contribution in [3.05, 3.63) is 65.2 Å². The number of nitrogens with zero attached hydrogens (tertiary/aromatic N) is 1. The minimum Gasteiger partial charge on any atom is -0.465 e. The van der Waals surface area contributed by atoms with Crippen LogP contribution in [0.3, 0.4) is 0 Å². The lowest BCUT2D eigenvalue weighted by atomic mass is 10.1. The fourth-order valence-electron chi connectivity index (χ4n) is 2.29. The number of ether oxygens (including phenoxy) is 1. The molecule has 5 nitrogen and oxygen atoms in total. The molecule has 0 saturated carbocycles. The molecule has 1 heterocycles. The number of hydrogen-bond donors (Lipinski definition) is 0. The van der Waals surface area contributed by atoms with Gasteiger partial charge in [0.25, 0.3) is 11.8 Å². The molecular weight excluding hydrogens is 270 g/mol. The Balaban J connectivity index is 1.97. The summed E-state index contributed by atoms with van der Waals surface area (Å²) in [5, 5.41) is 0. The second kappa shape index (κ2) is 4.86. The second-order valence-corrected chi connectivity index (χ2v) is 4.53. The molecular formula is C16H11NO4. The molecule has 2 aromatic rings. The molecule has 0 aliphatic carbocycles. The first kappa shape index (κ1) is 13.1. The molecule has 0 N–H and O–H groups in total. The first-order chi connectivity index (χ1) is 10.1. The van der Waals surface area contributed by atoms with Crippen LogP contribution in [0.5, 0.6) is 0 Å². The quantitative estimate of drug-likeness (QED) is 0.625. The molecule has 3 rings (SSSR count). The molecule has 0 unspecified atom stereocenters. The maximum absolute atomic E-state index is 12.3. The van der Waals surface area contributed by atoms with Crippen molar-refractivity contribution in [2.45, 2.75) is 0 Å². The summed E-state index contributed by atoms with van der Waals surface area (Å²) < 4.78 is 4.61. The number of esters is 1. The lowest BCUT2D eigenvalue weighted by Crippen LogP contribution is -2.29. The lowest BCUT2D eigenvalue weighted by molar-refractivity contribution is 0.0600. The summed E-state index contributed by atoms with van der Waals surface area (Å²) in [7, 11) is 1.29. The standard InChI is InChI=1S/C16H11NO4/c1-21-16(20)10-6-8-11(9-7-10)17-14(18)12-4-2-3-5-13(12)15(17)19/h2-9H,1H3. The van der Waals surface area contributed by atoms with E-state index in [0.29, 0.717) is 22.4 Å². The van der Waals surface area contributed by atoms with E-state index >= 15 is 0 Å². The Bertz CT molecular complexity index is 714. The van der Waals surface area contributed by atoms with Gasteiger partial charge in [0, 0.05) is 0 Å². The number of imide groups is 1. The molecule has 0 atom stereocenters. The number of hydrogen-bond acceptors (Lipinski definition) is 4. The smallest absolute Gasteiger partial charge is 0.337 e. The van der Waals surface area contributed by atoms with Crippen molar-refractivity contribution in [1.82, 2.24) is 0 Å². The van der Waals surface area contributed by atoms with E-state index in [4.69, 9.17) is 0 Å². The maximum atomic E-state index is 12.3. The zero-order chi connectivity index (χ0) is 15.0. The summed E-state index contributed by atoms with van der Waals surface area (Å²) in [5.74, 6) is -1.19. The van der Waals surface area contributed by atoms with E-state index < -0.39 is 5.97 Å². The fraction of sp³-hybridized carbons (Fsp3) is 0.0625. The average Bonchev–Trinajstić information content (AvgIpc) is 2.79. The highest BCUT2D eigenvalue weighted by Crippen LogP contribution is 2.28. The highest BCUT2D eigenvalue weighted by Gasteiger charge is 2.36. The summed E-state index contributed by atoms with van der Waals surface area (Å²) in [6.07, 6.45) is 0. The van der Waals surface area contributed by atoms with Gasteiger partial charge in [-0.3, -0.25) is 9.59 Å². The molecule has 0 aromatic heterocycles. The second-order valence-electron chi connectivity index (χ2n) is 4.53. The molecule has 104 valence electrons. The van der Waals surface area contributed by atoms with Crippen LogP contribution in [0.4, 0.5) is 5.69 Å². The first-order valence-corrected chi connectivity index (χ1v) is 6.29. The van der Waals surface area contributed by atoms with Crippen LogP contribution < -0.4 is 4.90 Å². The van der Waals surface area contributed by atoms with Gasteiger partial charge in [0.2, 0.25) is 0 Å². The largest absolute Gasteiger partial charge is 0.465 e. The molecule has 2 aromatic carbocycles. The van der Waals surface area contributed by atoms with Gasteiger partial charge in [-0.25, -0.2) is 9.69 Å². The zero-order valence-electron chi connectivity index (χ0n) is 11.2. The molecule has 0 radical (unpaired) electrons. The van der Waals surface area contributed by atoms with Crippen LogP contribution in [0.25, 0.3) is 0 Å². The molecule has 0 saturated heterocycles. The van der Waals surface area contributed by atoms with E-state index in [2.05, 4.69) is 4.74 Å². The van der Waals surface area contributed by atoms with Gasteiger partial charge in [0.15, 0.2) is 0 Å². The van der Waals surface area contributed by atoms with Crippen LogP contribution in [0, 0.1) is 0 Å². The van der Waals surface area contributed by atoms with Crippen molar-refractivity contribution in [2.75, 3.05) is 12.0 Å². The first-order valence-electron chi connectivity index (χ1n) is 6.29. The molecule has 0 fully saturated rings. The molecule has 0 spiro atoms. The van der Waals surface area contributed by atoms with Crippen molar-refractivity contribution in [3.8, 4) is 0 Å².